The Bertz CT molecular complexity index is 1120. The van der Waals surface area contributed by atoms with Crippen molar-refractivity contribution in [3.05, 3.63) is 75.1 Å². The minimum atomic E-state index is -0.502. The molecule has 0 aliphatic rings. The van der Waals surface area contributed by atoms with Crippen molar-refractivity contribution < 1.29 is 19.1 Å². The Balaban J connectivity index is 1.86. The number of esters is 1. The number of thiophene rings is 1. The van der Waals surface area contributed by atoms with E-state index in [1.165, 1.54) is 17.4 Å². The van der Waals surface area contributed by atoms with E-state index in [0.717, 1.165) is 11.1 Å². The average Bonchev–Trinajstić information content (AvgIpc) is 3.18. The molecule has 0 aliphatic heterocycles. The van der Waals surface area contributed by atoms with E-state index >= 15 is 0 Å². The molecule has 3 rings (SSSR count). The second kappa shape index (κ2) is 10.5. The van der Waals surface area contributed by atoms with E-state index in [2.05, 4.69) is 5.32 Å². The first-order chi connectivity index (χ1) is 14.9. The van der Waals surface area contributed by atoms with Crippen LogP contribution < -0.4 is 10.1 Å². The van der Waals surface area contributed by atoms with Crippen molar-refractivity contribution in [2.75, 3.05) is 19.0 Å². The summed E-state index contributed by atoms with van der Waals surface area (Å²) in [6.45, 7) is 1.96. The molecule has 3 aromatic rings. The zero-order valence-corrected chi connectivity index (χ0v) is 19.1. The van der Waals surface area contributed by atoms with E-state index in [-0.39, 0.29) is 12.5 Å². The number of benzene rings is 2. The van der Waals surface area contributed by atoms with Crippen LogP contribution in [0.25, 0.3) is 17.2 Å². The standard InChI is InChI=1S/C23H19Cl2NO4S/c1-3-30-23(28)21-17(15-6-8-16(29-2)9-7-15)13-31-22(21)26-20(27)11-5-14-4-10-18(24)19(25)12-14/h4-13H,3H2,1-2H3,(H,26,27)/b11-5+. The molecule has 0 fully saturated rings. The predicted molar refractivity (Wildman–Crippen MR) is 126 cm³/mol. The van der Waals surface area contributed by atoms with Gasteiger partial charge in [-0.2, -0.15) is 0 Å². The van der Waals surface area contributed by atoms with Crippen LogP contribution in [0.3, 0.4) is 0 Å². The number of hydrogen-bond donors (Lipinski definition) is 1. The third-order valence-electron chi connectivity index (χ3n) is 4.28. The van der Waals surface area contributed by atoms with Gasteiger partial charge in [0.25, 0.3) is 0 Å². The molecule has 1 N–H and O–H groups in total. The van der Waals surface area contributed by atoms with Crippen LogP contribution in [0.4, 0.5) is 5.00 Å². The number of carbonyl (C=O) groups excluding carboxylic acids is 2. The summed E-state index contributed by atoms with van der Waals surface area (Å²) in [6, 6.07) is 12.4. The number of amides is 1. The van der Waals surface area contributed by atoms with Gasteiger partial charge in [-0.05, 0) is 48.4 Å². The van der Waals surface area contributed by atoms with Crippen molar-refractivity contribution in [3.63, 3.8) is 0 Å². The first-order valence-electron chi connectivity index (χ1n) is 9.30. The molecule has 0 atom stereocenters. The van der Waals surface area contributed by atoms with Crippen molar-refractivity contribution in [1.82, 2.24) is 0 Å². The smallest absolute Gasteiger partial charge is 0.341 e. The third-order valence-corrected chi connectivity index (χ3v) is 5.91. The second-order valence-electron chi connectivity index (χ2n) is 6.30. The third kappa shape index (κ3) is 5.67. The number of anilines is 1. The lowest BCUT2D eigenvalue weighted by atomic mass is 10.0. The van der Waals surface area contributed by atoms with Gasteiger partial charge in [-0.1, -0.05) is 41.4 Å². The number of nitrogens with one attached hydrogen (secondary N) is 1. The van der Waals surface area contributed by atoms with Crippen molar-refractivity contribution in [2.24, 2.45) is 0 Å². The highest BCUT2D eigenvalue weighted by atomic mass is 35.5. The van der Waals surface area contributed by atoms with Gasteiger partial charge in [-0.15, -0.1) is 11.3 Å². The highest BCUT2D eigenvalue weighted by molar-refractivity contribution is 7.15. The van der Waals surface area contributed by atoms with Gasteiger partial charge in [0.05, 0.1) is 23.8 Å². The van der Waals surface area contributed by atoms with Gasteiger partial charge in [0.2, 0.25) is 5.91 Å². The van der Waals surface area contributed by atoms with E-state index in [1.54, 1.807) is 50.4 Å². The SMILES string of the molecule is CCOC(=O)c1c(-c2ccc(OC)cc2)csc1NC(=O)/C=C/c1ccc(Cl)c(Cl)c1. The van der Waals surface area contributed by atoms with Crippen LogP contribution in [0.15, 0.2) is 53.9 Å². The van der Waals surface area contributed by atoms with Crippen LogP contribution in [0.1, 0.15) is 22.8 Å². The Labute approximate surface area is 194 Å². The zero-order chi connectivity index (χ0) is 22.4. The molecular weight excluding hydrogens is 457 g/mol. The van der Waals surface area contributed by atoms with Gasteiger partial charge in [0.15, 0.2) is 0 Å². The quantitative estimate of drug-likeness (QED) is 0.310. The number of rotatable bonds is 7. The van der Waals surface area contributed by atoms with E-state index < -0.39 is 5.97 Å². The largest absolute Gasteiger partial charge is 0.497 e. The van der Waals surface area contributed by atoms with Crippen molar-refractivity contribution in [1.29, 1.82) is 0 Å². The molecule has 160 valence electrons. The Morgan fingerprint density at radius 2 is 1.84 bits per heavy atom. The lowest BCUT2D eigenvalue weighted by molar-refractivity contribution is -0.111. The minimum Gasteiger partial charge on any atom is -0.497 e. The molecule has 0 saturated heterocycles. The summed E-state index contributed by atoms with van der Waals surface area (Å²) in [6.07, 6.45) is 2.97. The maximum absolute atomic E-state index is 12.6. The van der Waals surface area contributed by atoms with Gasteiger partial charge in [0.1, 0.15) is 16.3 Å². The Kier molecular flexibility index (Phi) is 7.74. The molecule has 31 heavy (non-hydrogen) atoms. The summed E-state index contributed by atoms with van der Waals surface area (Å²) in [4.78, 5) is 25.1. The van der Waals surface area contributed by atoms with Gasteiger partial charge >= 0.3 is 5.97 Å². The predicted octanol–water partition coefficient (Wildman–Crippen LogP) is 6.56. The lowest BCUT2D eigenvalue weighted by Crippen LogP contribution is -2.12. The molecule has 1 aromatic heterocycles. The molecule has 5 nitrogen and oxygen atoms in total. The molecule has 1 heterocycles. The number of halogens is 2. The molecule has 2 aromatic carbocycles. The molecule has 0 spiro atoms. The first kappa shape index (κ1) is 22.9. The zero-order valence-electron chi connectivity index (χ0n) is 16.8. The maximum atomic E-state index is 12.6. The molecule has 1 amide bonds. The van der Waals surface area contributed by atoms with Crippen LogP contribution in [0.2, 0.25) is 10.0 Å². The van der Waals surface area contributed by atoms with Crippen molar-refractivity contribution in [2.45, 2.75) is 6.92 Å². The average molecular weight is 476 g/mol. The fourth-order valence-electron chi connectivity index (χ4n) is 2.78. The summed E-state index contributed by atoms with van der Waals surface area (Å²) < 4.78 is 10.4. The minimum absolute atomic E-state index is 0.224. The number of methoxy groups -OCH3 is 1. The normalized spacial score (nSPS) is 10.8. The van der Waals surface area contributed by atoms with E-state index in [9.17, 15) is 9.59 Å². The maximum Gasteiger partial charge on any atom is 0.341 e. The summed E-state index contributed by atoms with van der Waals surface area (Å²) in [5, 5.41) is 5.83. The van der Waals surface area contributed by atoms with Gasteiger partial charge in [-0.3, -0.25) is 4.79 Å². The summed E-state index contributed by atoms with van der Waals surface area (Å²) in [7, 11) is 1.59. The van der Waals surface area contributed by atoms with Gasteiger partial charge in [0, 0.05) is 17.0 Å². The number of hydrogen-bond acceptors (Lipinski definition) is 5. The second-order valence-corrected chi connectivity index (χ2v) is 7.99. The fourth-order valence-corrected chi connectivity index (χ4v) is 4.05. The van der Waals surface area contributed by atoms with Crippen LogP contribution in [0, 0.1) is 0 Å². The van der Waals surface area contributed by atoms with Crippen LogP contribution in [-0.4, -0.2) is 25.6 Å². The number of carbonyl (C=O) groups is 2. The van der Waals surface area contributed by atoms with Gasteiger partial charge < -0.3 is 14.8 Å². The molecule has 0 bridgehead atoms. The molecule has 0 aliphatic carbocycles. The first-order valence-corrected chi connectivity index (χ1v) is 10.9. The molecule has 8 heteroatoms. The summed E-state index contributed by atoms with van der Waals surface area (Å²) in [5.74, 6) is -0.185. The van der Waals surface area contributed by atoms with Gasteiger partial charge in [-0.25, -0.2) is 4.79 Å². The topological polar surface area (TPSA) is 64.6 Å². The highest BCUT2D eigenvalue weighted by Crippen LogP contribution is 2.37. The van der Waals surface area contributed by atoms with Crippen LogP contribution in [0.5, 0.6) is 5.75 Å². The van der Waals surface area contributed by atoms with E-state index in [0.29, 0.717) is 31.9 Å². The van der Waals surface area contributed by atoms with E-state index in [4.69, 9.17) is 32.7 Å². The molecule has 0 saturated carbocycles. The fraction of sp³-hybridized carbons (Fsp3) is 0.130. The number of ether oxygens (including phenoxy) is 2. The Morgan fingerprint density at radius 3 is 2.48 bits per heavy atom. The highest BCUT2D eigenvalue weighted by Gasteiger charge is 2.22. The Hall–Kier alpha value is -2.80. The van der Waals surface area contributed by atoms with Crippen LogP contribution in [-0.2, 0) is 9.53 Å². The van der Waals surface area contributed by atoms with Crippen LogP contribution >= 0.6 is 34.5 Å². The summed E-state index contributed by atoms with van der Waals surface area (Å²) >= 11 is 13.2. The Morgan fingerprint density at radius 1 is 1.10 bits per heavy atom. The molecular formula is C23H19Cl2NO4S. The van der Waals surface area contributed by atoms with Crippen molar-refractivity contribution in [3.8, 4) is 16.9 Å². The lowest BCUT2D eigenvalue weighted by Gasteiger charge is -2.08. The van der Waals surface area contributed by atoms with Crippen molar-refractivity contribution >= 4 is 57.5 Å². The molecule has 0 unspecified atom stereocenters. The monoisotopic (exact) mass is 475 g/mol. The summed E-state index contributed by atoms with van der Waals surface area (Å²) in [5.41, 5.74) is 2.52. The van der Waals surface area contributed by atoms with E-state index in [1.807, 2.05) is 17.5 Å². The molecule has 0 radical (unpaired) electrons.